The lowest BCUT2D eigenvalue weighted by molar-refractivity contribution is -0.136. The number of fused-ring (bicyclic) bond motifs is 3. The van der Waals surface area contributed by atoms with E-state index in [4.69, 9.17) is 19.4 Å². The van der Waals surface area contributed by atoms with E-state index in [2.05, 4.69) is 12.1 Å². The van der Waals surface area contributed by atoms with Crippen molar-refractivity contribution < 1.29 is 19.1 Å². The monoisotopic (exact) mass is 502 g/mol. The molecule has 0 unspecified atom stereocenters. The highest BCUT2D eigenvalue weighted by Crippen LogP contribution is 2.41. The molecule has 0 N–H and O–H groups in total. The van der Waals surface area contributed by atoms with Gasteiger partial charge in [-0.1, -0.05) is 60.7 Å². The minimum absolute atomic E-state index is 0.375. The van der Waals surface area contributed by atoms with E-state index in [1.807, 2.05) is 61.5 Å². The average molecular weight is 503 g/mol. The molecule has 5 aromatic rings. The number of benzene rings is 4. The van der Waals surface area contributed by atoms with Gasteiger partial charge >= 0.3 is 11.9 Å². The number of para-hydroxylation sites is 2. The summed E-state index contributed by atoms with van der Waals surface area (Å²) in [5, 5.41) is 2.02. The number of rotatable bonds is 5. The van der Waals surface area contributed by atoms with Crippen LogP contribution in [0.15, 0.2) is 90.5 Å². The fraction of sp³-hybridized carbons (Fsp3) is 0.125. The summed E-state index contributed by atoms with van der Waals surface area (Å²) in [6, 6.07) is 23.3. The molecule has 0 radical (unpaired) electrons. The SMILES string of the molecule is COC(=O)/C(C)=C/C=C(\C)c1c2ccccc2c(-c2ccc(C(=O)OC)cc2)c2nc3ccccc3nc12. The Kier molecular flexibility index (Phi) is 6.71. The van der Waals surface area contributed by atoms with Crippen molar-refractivity contribution in [2.75, 3.05) is 14.2 Å². The van der Waals surface area contributed by atoms with Crippen LogP contribution in [0.5, 0.6) is 0 Å². The van der Waals surface area contributed by atoms with Crippen molar-refractivity contribution in [2.45, 2.75) is 13.8 Å². The minimum Gasteiger partial charge on any atom is -0.466 e. The largest absolute Gasteiger partial charge is 0.466 e. The number of ether oxygens (including phenoxy) is 2. The first kappa shape index (κ1) is 24.8. The first-order chi connectivity index (χ1) is 18.4. The van der Waals surface area contributed by atoms with Gasteiger partial charge in [0.05, 0.1) is 41.8 Å². The molecule has 0 aliphatic heterocycles. The molecule has 0 atom stereocenters. The van der Waals surface area contributed by atoms with Gasteiger partial charge in [0.25, 0.3) is 0 Å². The number of aromatic nitrogens is 2. The highest BCUT2D eigenvalue weighted by atomic mass is 16.5. The van der Waals surface area contributed by atoms with E-state index >= 15 is 0 Å². The summed E-state index contributed by atoms with van der Waals surface area (Å²) in [6.45, 7) is 3.73. The minimum atomic E-state index is -0.386. The number of carbonyl (C=O) groups excluding carboxylic acids is 2. The average Bonchev–Trinajstić information content (AvgIpc) is 2.96. The van der Waals surface area contributed by atoms with Crippen LogP contribution in [0.2, 0.25) is 0 Å². The third-order valence-electron chi connectivity index (χ3n) is 6.59. The Balaban J connectivity index is 1.87. The van der Waals surface area contributed by atoms with Crippen molar-refractivity contribution in [3.63, 3.8) is 0 Å². The highest BCUT2D eigenvalue weighted by Gasteiger charge is 2.19. The van der Waals surface area contributed by atoms with E-state index in [0.717, 1.165) is 55.1 Å². The summed E-state index contributed by atoms with van der Waals surface area (Å²) in [7, 11) is 2.74. The highest BCUT2D eigenvalue weighted by molar-refractivity contribution is 6.17. The summed E-state index contributed by atoms with van der Waals surface area (Å²) < 4.78 is 9.72. The number of esters is 2. The van der Waals surface area contributed by atoms with Crippen molar-refractivity contribution in [2.24, 2.45) is 0 Å². The van der Waals surface area contributed by atoms with Crippen molar-refractivity contribution in [3.05, 3.63) is 102 Å². The Morgan fingerprint density at radius 3 is 1.95 bits per heavy atom. The maximum absolute atomic E-state index is 12.0. The molecule has 1 heterocycles. The number of allylic oxidation sites excluding steroid dienone is 3. The van der Waals surface area contributed by atoms with Crippen molar-refractivity contribution >= 4 is 50.4 Å². The van der Waals surface area contributed by atoms with Crippen LogP contribution in [0.25, 0.3) is 49.5 Å². The normalized spacial score (nSPS) is 12.2. The molecular formula is C32H26N2O4. The lowest BCUT2D eigenvalue weighted by Crippen LogP contribution is -2.01. The van der Waals surface area contributed by atoms with Crippen LogP contribution in [-0.4, -0.2) is 36.1 Å². The smallest absolute Gasteiger partial charge is 0.337 e. The number of carbonyl (C=O) groups is 2. The molecular weight excluding hydrogens is 476 g/mol. The van der Waals surface area contributed by atoms with Gasteiger partial charge in [0.2, 0.25) is 0 Å². The molecule has 38 heavy (non-hydrogen) atoms. The van der Waals surface area contributed by atoms with Crippen LogP contribution < -0.4 is 0 Å². The van der Waals surface area contributed by atoms with Gasteiger partial charge in [0.15, 0.2) is 0 Å². The molecule has 0 saturated carbocycles. The second-order valence-electron chi connectivity index (χ2n) is 8.96. The second kappa shape index (κ2) is 10.3. The maximum atomic E-state index is 12.0. The molecule has 0 spiro atoms. The predicted molar refractivity (Wildman–Crippen MR) is 151 cm³/mol. The zero-order valence-electron chi connectivity index (χ0n) is 21.6. The van der Waals surface area contributed by atoms with Gasteiger partial charge < -0.3 is 9.47 Å². The van der Waals surface area contributed by atoms with E-state index < -0.39 is 0 Å². The fourth-order valence-corrected chi connectivity index (χ4v) is 4.67. The molecule has 0 bridgehead atoms. The summed E-state index contributed by atoms with van der Waals surface area (Å²) in [6.07, 6.45) is 3.67. The van der Waals surface area contributed by atoms with Crippen molar-refractivity contribution in [1.29, 1.82) is 0 Å². The molecule has 0 aliphatic carbocycles. The van der Waals surface area contributed by atoms with Crippen molar-refractivity contribution in [3.8, 4) is 11.1 Å². The molecule has 188 valence electrons. The predicted octanol–water partition coefficient (Wildman–Crippen LogP) is 6.91. The Hall–Kier alpha value is -4.84. The van der Waals surface area contributed by atoms with Crippen LogP contribution in [0.3, 0.4) is 0 Å². The van der Waals surface area contributed by atoms with Gasteiger partial charge in [-0.3, -0.25) is 0 Å². The van der Waals surface area contributed by atoms with Crippen LogP contribution in [-0.2, 0) is 14.3 Å². The first-order valence-electron chi connectivity index (χ1n) is 12.2. The van der Waals surface area contributed by atoms with Gasteiger partial charge in [-0.15, -0.1) is 0 Å². The quantitative estimate of drug-likeness (QED) is 0.112. The molecule has 0 aliphatic rings. The lowest BCUT2D eigenvalue weighted by atomic mass is 9.89. The molecule has 0 amide bonds. The van der Waals surface area contributed by atoms with Crippen LogP contribution in [0.1, 0.15) is 29.8 Å². The van der Waals surface area contributed by atoms with Crippen LogP contribution >= 0.6 is 0 Å². The summed E-state index contributed by atoms with van der Waals surface area (Å²) >= 11 is 0. The zero-order valence-corrected chi connectivity index (χ0v) is 21.6. The number of hydrogen-bond acceptors (Lipinski definition) is 6. The molecule has 0 fully saturated rings. The third kappa shape index (κ3) is 4.41. The molecule has 0 saturated heterocycles. The van der Waals surface area contributed by atoms with Gasteiger partial charge in [-0.2, -0.15) is 0 Å². The number of hydrogen-bond donors (Lipinski definition) is 0. The maximum Gasteiger partial charge on any atom is 0.337 e. The van der Waals surface area contributed by atoms with Crippen LogP contribution in [0, 0.1) is 0 Å². The molecule has 5 rings (SSSR count). The van der Waals surface area contributed by atoms with E-state index in [0.29, 0.717) is 11.1 Å². The van der Waals surface area contributed by atoms with E-state index in [9.17, 15) is 9.59 Å². The van der Waals surface area contributed by atoms with E-state index in [1.54, 1.807) is 25.1 Å². The van der Waals surface area contributed by atoms with E-state index in [1.165, 1.54) is 14.2 Å². The fourth-order valence-electron chi connectivity index (χ4n) is 4.67. The molecule has 1 aromatic heterocycles. The Morgan fingerprint density at radius 1 is 0.711 bits per heavy atom. The summed E-state index contributed by atoms with van der Waals surface area (Å²) in [4.78, 5) is 34.2. The topological polar surface area (TPSA) is 78.4 Å². The summed E-state index contributed by atoms with van der Waals surface area (Å²) in [5.41, 5.74) is 7.79. The number of nitrogens with zero attached hydrogens (tertiary/aromatic N) is 2. The first-order valence-corrected chi connectivity index (χ1v) is 12.2. The van der Waals surface area contributed by atoms with Gasteiger partial charge in [0.1, 0.15) is 0 Å². The zero-order chi connectivity index (χ0) is 26.8. The van der Waals surface area contributed by atoms with Crippen molar-refractivity contribution in [1.82, 2.24) is 9.97 Å². The number of methoxy groups -OCH3 is 2. The second-order valence-corrected chi connectivity index (χ2v) is 8.96. The summed E-state index contributed by atoms with van der Waals surface area (Å²) in [5.74, 6) is -0.760. The van der Waals surface area contributed by atoms with Gasteiger partial charge in [-0.25, -0.2) is 19.6 Å². The molecule has 4 aromatic carbocycles. The Morgan fingerprint density at radius 2 is 1.32 bits per heavy atom. The van der Waals surface area contributed by atoms with E-state index in [-0.39, 0.29) is 11.9 Å². The third-order valence-corrected chi connectivity index (χ3v) is 6.59. The Labute approximate surface area is 220 Å². The van der Waals surface area contributed by atoms with Gasteiger partial charge in [0, 0.05) is 16.7 Å². The van der Waals surface area contributed by atoms with Crippen LogP contribution in [0.4, 0.5) is 0 Å². The molecule has 6 nitrogen and oxygen atoms in total. The van der Waals surface area contributed by atoms with Gasteiger partial charge in [-0.05, 0) is 60.0 Å². The lowest BCUT2D eigenvalue weighted by Gasteiger charge is -2.17. The molecule has 6 heteroatoms. The standard InChI is InChI=1S/C32H26N2O4/c1-19(13-14-20(2)31(35)37-3)27-23-9-5-6-10-24(23)28(21-15-17-22(18-16-21)32(36)38-4)30-29(27)33-25-11-7-8-12-26(25)34-30/h5-18H,1-4H3/b19-13+,20-14+. The Bertz CT molecular complexity index is 1780.